The Morgan fingerprint density at radius 2 is 1.88 bits per heavy atom. The lowest BCUT2D eigenvalue weighted by Gasteiger charge is -2.18. The second-order valence-electron chi connectivity index (χ2n) is 3.96. The summed E-state index contributed by atoms with van der Waals surface area (Å²) >= 11 is 0. The van der Waals surface area contributed by atoms with Crippen LogP contribution in [0.5, 0.6) is 0 Å². The summed E-state index contributed by atoms with van der Waals surface area (Å²) in [6.07, 6.45) is 2.00. The maximum absolute atomic E-state index is 11.1. The lowest BCUT2D eigenvalue weighted by molar-refractivity contribution is -0.151. The molecule has 0 saturated heterocycles. The molecule has 0 fully saturated rings. The van der Waals surface area contributed by atoms with Crippen molar-refractivity contribution in [3.05, 3.63) is 12.2 Å². The molecule has 0 heterocycles. The minimum absolute atomic E-state index is 0.510. The van der Waals surface area contributed by atoms with Gasteiger partial charge in [-0.15, -0.1) is 0 Å². The quantitative estimate of drug-likeness (QED) is 0.532. The van der Waals surface area contributed by atoms with Crippen molar-refractivity contribution in [1.82, 2.24) is 0 Å². The first-order chi connectivity index (χ1) is 7.73. The van der Waals surface area contributed by atoms with E-state index in [9.17, 15) is 14.4 Å². The van der Waals surface area contributed by atoms with Gasteiger partial charge in [0.05, 0.1) is 24.9 Å². The number of rotatable bonds is 6. The molecule has 2 atom stereocenters. The van der Waals surface area contributed by atoms with Crippen LogP contribution in [0, 0.1) is 11.3 Å². The van der Waals surface area contributed by atoms with E-state index in [0.29, 0.717) is 0 Å². The molecule has 0 rings (SSSR count). The Balaban J connectivity index is 4.88. The molecule has 0 aromatic rings. The second kappa shape index (κ2) is 6.03. The van der Waals surface area contributed by atoms with Crippen molar-refractivity contribution in [2.24, 2.45) is 11.3 Å². The summed E-state index contributed by atoms with van der Waals surface area (Å²) in [6, 6.07) is 0. The molecule has 6 heteroatoms. The van der Waals surface area contributed by atoms with E-state index in [2.05, 4.69) is 4.74 Å². The van der Waals surface area contributed by atoms with Gasteiger partial charge < -0.3 is 14.9 Å². The summed E-state index contributed by atoms with van der Waals surface area (Å²) in [7, 11) is 1.22. The predicted molar refractivity (Wildman–Crippen MR) is 58.3 cm³/mol. The van der Waals surface area contributed by atoms with E-state index in [1.165, 1.54) is 33.1 Å². The molecule has 2 N–H and O–H groups in total. The van der Waals surface area contributed by atoms with Crippen molar-refractivity contribution >= 4 is 17.9 Å². The Bertz CT molecular complexity index is 346. The van der Waals surface area contributed by atoms with Gasteiger partial charge in [0.2, 0.25) is 0 Å². The highest BCUT2D eigenvalue weighted by molar-refractivity contribution is 5.83. The largest absolute Gasteiger partial charge is 0.481 e. The van der Waals surface area contributed by atoms with Gasteiger partial charge in [-0.25, -0.2) is 0 Å². The maximum atomic E-state index is 11.1. The van der Waals surface area contributed by atoms with Crippen LogP contribution in [0.3, 0.4) is 0 Å². The normalized spacial score (nSPS) is 16.2. The van der Waals surface area contributed by atoms with E-state index in [4.69, 9.17) is 10.2 Å². The molecule has 0 aromatic heterocycles. The molecule has 0 spiro atoms. The molecular weight excluding hydrogens is 228 g/mol. The summed E-state index contributed by atoms with van der Waals surface area (Å²) in [6.45, 7) is 2.81. The molecular formula is C11H16O6. The van der Waals surface area contributed by atoms with Crippen molar-refractivity contribution in [1.29, 1.82) is 0 Å². The number of aliphatic carboxylic acids is 2. The molecule has 0 aliphatic carbocycles. The zero-order valence-corrected chi connectivity index (χ0v) is 9.97. The zero-order valence-electron chi connectivity index (χ0n) is 9.97. The van der Waals surface area contributed by atoms with Gasteiger partial charge in [-0.2, -0.15) is 0 Å². The molecule has 0 aliphatic heterocycles. The molecule has 0 bridgehead atoms. The summed E-state index contributed by atoms with van der Waals surface area (Å²) < 4.78 is 4.46. The summed E-state index contributed by atoms with van der Waals surface area (Å²) in [5, 5.41) is 17.6. The molecule has 96 valence electrons. The lowest BCUT2D eigenvalue weighted by Crippen LogP contribution is -2.28. The molecule has 0 saturated carbocycles. The Morgan fingerprint density at radius 3 is 2.24 bits per heavy atom. The maximum Gasteiger partial charge on any atom is 0.313 e. The van der Waals surface area contributed by atoms with Crippen LogP contribution in [0.1, 0.15) is 20.3 Å². The fourth-order valence-corrected chi connectivity index (χ4v) is 1.14. The first-order valence-corrected chi connectivity index (χ1v) is 4.95. The van der Waals surface area contributed by atoms with Crippen LogP contribution in [0.2, 0.25) is 0 Å². The minimum atomic E-state index is -1.53. The van der Waals surface area contributed by atoms with Crippen LogP contribution in [-0.4, -0.2) is 35.2 Å². The molecule has 17 heavy (non-hydrogen) atoms. The second-order valence-corrected chi connectivity index (χ2v) is 3.96. The van der Waals surface area contributed by atoms with Crippen LogP contribution in [0.15, 0.2) is 12.2 Å². The number of hydrogen-bond acceptors (Lipinski definition) is 4. The van der Waals surface area contributed by atoms with Gasteiger partial charge in [-0.3, -0.25) is 14.4 Å². The Kier molecular flexibility index (Phi) is 5.37. The molecule has 2 unspecified atom stereocenters. The molecule has 0 radical (unpaired) electrons. The highest BCUT2D eigenvalue weighted by Gasteiger charge is 2.33. The topological polar surface area (TPSA) is 101 Å². The van der Waals surface area contributed by atoms with Gasteiger partial charge in [0.25, 0.3) is 0 Å². The predicted octanol–water partition coefficient (Wildman–Crippen LogP) is 0.917. The third-order valence-electron chi connectivity index (χ3n) is 2.33. The van der Waals surface area contributed by atoms with E-state index in [1.54, 1.807) is 0 Å². The van der Waals surface area contributed by atoms with Crippen LogP contribution in [0.25, 0.3) is 0 Å². The minimum Gasteiger partial charge on any atom is -0.481 e. The van der Waals surface area contributed by atoms with E-state index in [-0.39, 0.29) is 0 Å². The number of ether oxygens (including phenoxy) is 1. The van der Waals surface area contributed by atoms with Crippen LogP contribution >= 0.6 is 0 Å². The third kappa shape index (κ3) is 4.67. The van der Waals surface area contributed by atoms with E-state index < -0.39 is 35.7 Å². The molecule has 0 amide bonds. The van der Waals surface area contributed by atoms with Crippen LogP contribution in [0.4, 0.5) is 0 Å². The number of carboxylic acid groups (broad SMARTS) is 2. The van der Waals surface area contributed by atoms with Gasteiger partial charge >= 0.3 is 17.9 Å². The fraction of sp³-hybridized carbons (Fsp3) is 0.545. The van der Waals surface area contributed by atoms with Crippen LogP contribution in [-0.2, 0) is 19.1 Å². The van der Waals surface area contributed by atoms with Gasteiger partial charge in [0.15, 0.2) is 0 Å². The standard InChI is InChI=1S/C11H16O6/c1-7(9(14)17-3)4-5-11(2,10(15)16)6-8(12)13/h4-5,7H,6H2,1-3H3,(H,12,13)(H,15,16). The number of carbonyl (C=O) groups excluding carboxylic acids is 1. The van der Waals surface area contributed by atoms with Gasteiger partial charge in [0.1, 0.15) is 0 Å². The van der Waals surface area contributed by atoms with E-state index >= 15 is 0 Å². The summed E-state index contributed by atoms with van der Waals surface area (Å²) in [5.74, 6) is -3.60. The Hall–Kier alpha value is -1.85. The lowest BCUT2D eigenvalue weighted by atomic mass is 9.85. The van der Waals surface area contributed by atoms with Crippen molar-refractivity contribution in [2.75, 3.05) is 7.11 Å². The number of carbonyl (C=O) groups is 3. The van der Waals surface area contributed by atoms with Gasteiger partial charge in [-0.05, 0) is 13.8 Å². The van der Waals surface area contributed by atoms with Crippen molar-refractivity contribution in [2.45, 2.75) is 20.3 Å². The number of methoxy groups -OCH3 is 1. The molecule has 0 aliphatic rings. The van der Waals surface area contributed by atoms with E-state index in [1.807, 2.05) is 0 Å². The average Bonchev–Trinajstić information content (AvgIpc) is 2.23. The van der Waals surface area contributed by atoms with Crippen molar-refractivity contribution in [3.8, 4) is 0 Å². The highest BCUT2D eigenvalue weighted by atomic mass is 16.5. The molecule has 6 nitrogen and oxygen atoms in total. The monoisotopic (exact) mass is 244 g/mol. The Morgan fingerprint density at radius 1 is 1.35 bits per heavy atom. The first kappa shape index (κ1) is 15.2. The first-order valence-electron chi connectivity index (χ1n) is 4.95. The highest BCUT2D eigenvalue weighted by Crippen LogP contribution is 2.24. The molecule has 0 aromatic carbocycles. The smallest absolute Gasteiger partial charge is 0.313 e. The zero-order chi connectivity index (χ0) is 13.6. The average molecular weight is 244 g/mol. The van der Waals surface area contributed by atoms with Crippen molar-refractivity contribution < 1.29 is 29.3 Å². The number of carboxylic acids is 2. The summed E-state index contributed by atoms with van der Waals surface area (Å²) in [5.41, 5.74) is -1.53. The van der Waals surface area contributed by atoms with E-state index in [0.717, 1.165) is 0 Å². The third-order valence-corrected chi connectivity index (χ3v) is 2.33. The fourth-order valence-electron chi connectivity index (χ4n) is 1.14. The summed E-state index contributed by atoms with van der Waals surface area (Å²) in [4.78, 5) is 32.6. The Labute approximate surface area is 98.9 Å². The van der Waals surface area contributed by atoms with Gasteiger partial charge in [0, 0.05) is 0 Å². The van der Waals surface area contributed by atoms with Gasteiger partial charge in [-0.1, -0.05) is 12.2 Å². The number of esters is 1. The van der Waals surface area contributed by atoms with Crippen molar-refractivity contribution in [3.63, 3.8) is 0 Å². The number of hydrogen-bond donors (Lipinski definition) is 2. The van der Waals surface area contributed by atoms with Crippen LogP contribution < -0.4 is 0 Å². The SMILES string of the molecule is COC(=O)C(C)C=CC(C)(CC(=O)O)C(=O)O.